The minimum absolute atomic E-state index is 0.0141. The molecule has 1 aliphatic carbocycles. The first kappa shape index (κ1) is 26.6. The quantitative estimate of drug-likeness (QED) is 0.370. The van der Waals surface area contributed by atoms with Crippen molar-refractivity contribution in [2.45, 2.75) is 69.2 Å². The third kappa shape index (κ3) is 5.40. The van der Waals surface area contributed by atoms with Crippen molar-refractivity contribution in [2.24, 2.45) is 0 Å². The highest BCUT2D eigenvalue weighted by Gasteiger charge is 2.42. The fourth-order valence-electron chi connectivity index (χ4n) is 5.36. The Hall–Kier alpha value is -3.05. The van der Waals surface area contributed by atoms with Gasteiger partial charge >= 0.3 is 12.4 Å². The van der Waals surface area contributed by atoms with Gasteiger partial charge in [-0.25, -0.2) is 4.98 Å². The van der Waals surface area contributed by atoms with Crippen LogP contribution in [0.2, 0.25) is 0 Å². The van der Waals surface area contributed by atoms with Gasteiger partial charge in [0.05, 0.1) is 40.1 Å². The zero-order chi connectivity index (χ0) is 27.5. The Kier molecular flexibility index (Phi) is 6.50. The Morgan fingerprint density at radius 3 is 2.37 bits per heavy atom. The molecule has 1 fully saturated rings. The molecule has 2 aromatic carbocycles. The fourth-order valence-corrected chi connectivity index (χ4v) is 5.36. The lowest BCUT2D eigenvalue weighted by atomic mass is 9.77. The third-order valence-electron chi connectivity index (χ3n) is 7.13. The molecule has 0 saturated heterocycles. The number of fused-ring (bicyclic) bond motifs is 1. The van der Waals surface area contributed by atoms with Gasteiger partial charge in [-0.05, 0) is 62.4 Å². The van der Waals surface area contributed by atoms with Gasteiger partial charge in [0, 0.05) is 18.2 Å². The standard InChI is InChI=1S/C27H27F6N3O2/c1-15-7-17(16-3-5-18(6-4-16)26(28,29)30)8-19(35-15)13-38-21-9-22(27(31,32)33)24-23(10-21)34-14-36(24)20-11-25(2,37)12-20/h3-6,8-10,14-15,19-20,35,37H,7,11-13H2,1-2H3/t15-,19-,20?,25?/m0/s1. The van der Waals surface area contributed by atoms with E-state index in [9.17, 15) is 31.4 Å². The summed E-state index contributed by atoms with van der Waals surface area (Å²) >= 11 is 0. The van der Waals surface area contributed by atoms with E-state index in [1.807, 2.05) is 13.0 Å². The fraction of sp³-hybridized carbons (Fsp3) is 0.444. The van der Waals surface area contributed by atoms with Gasteiger partial charge in [0.25, 0.3) is 0 Å². The predicted octanol–water partition coefficient (Wildman–Crippen LogP) is 6.37. The van der Waals surface area contributed by atoms with Crippen molar-refractivity contribution in [3.05, 3.63) is 65.5 Å². The van der Waals surface area contributed by atoms with Crippen molar-refractivity contribution >= 4 is 16.6 Å². The summed E-state index contributed by atoms with van der Waals surface area (Å²) in [5.74, 6) is 0.0141. The molecular formula is C27H27F6N3O2. The summed E-state index contributed by atoms with van der Waals surface area (Å²) in [4.78, 5) is 4.18. The zero-order valence-electron chi connectivity index (χ0n) is 20.7. The van der Waals surface area contributed by atoms with Gasteiger partial charge in [-0.15, -0.1) is 0 Å². The molecule has 0 bridgehead atoms. The first-order valence-electron chi connectivity index (χ1n) is 12.3. The monoisotopic (exact) mass is 539 g/mol. The molecule has 0 unspecified atom stereocenters. The maximum absolute atomic E-state index is 14.0. The molecule has 11 heteroatoms. The van der Waals surface area contributed by atoms with Crippen LogP contribution in [0.1, 0.15) is 55.8 Å². The molecule has 3 aromatic rings. The lowest BCUT2D eigenvalue weighted by Gasteiger charge is -2.41. The molecule has 2 heterocycles. The Morgan fingerprint density at radius 2 is 1.76 bits per heavy atom. The van der Waals surface area contributed by atoms with Crippen molar-refractivity contribution in [1.82, 2.24) is 14.9 Å². The minimum atomic E-state index is -4.64. The van der Waals surface area contributed by atoms with Crippen molar-refractivity contribution in [2.75, 3.05) is 6.61 Å². The number of aliphatic hydroxyl groups is 1. The molecule has 5 nitrogen and oxygen atoms in total. The van der Waals surface area contributed by atoms with E-state index in [-0.39, 0.29) is 41.5 Å². The first-order valence-corrected chi connectivity index (χ1v) is 12.3. The molecule has 1 aliphatic heterocycles. The van der Waals surface area contributed by atoms with E-state index < -0.39 is 29.1 Å². The number of imidazole rings is 1. The highest BCUT2D eigenvalue weighted by atomic mass is 19.4. The number of hydrogen-bond donors (Lipinski definition) is 2. The lowest BCUT2D eigenvalue weighted by Crippen LogP contribution is -2.42. The van der Waals surface area contributed by atoms with Crippen LogP contribution in [-0.2, 0) is 12.4 Å². The average molecular weight is 540 g/mol. The largest absolute Gasteiger partial charge is 0.492 e. The normalized spacial score (nSPS) is 26.2. The van der Waals surface area contributed by atoms with E-state index in [0.29, 0.717) is 24.8 Å². The molecule has 0 spiro atoms. The van der Waals surface area contributed by atoms with Gasteiger partial charge in [-0.2, -0.15) is 26.3 Å². The van der Waals surface area contributed by atoms with E-state index in [2.05, 4.69) is 10.3 Å². The van der Waals surface area contributed by atoms with E-state index in [1.54, 1.807) is 6.92 Å². The zero-order valence-corrected chi connectivity index (χ0v) is 20.7. The Bertz CT molecular complexity index is 1350. The Morgan fingerprint density at radius 1 is 1.08 bits per heavy atom. The van der Waals surface area contributed by atoms with Crippen molar-refractivity contribution < 1.29 is 36.2 Å². The number of benzene rings is 2. The topological polar surface area (TPSA) is 59.3 Å². The van der Waals surface area contributed by atoms with E-state index in [4.69, 9.17) is 4.74 Å². The summed E-state index contributed by atoms with van der Waals surface area (Å²) in [5.41, 5.74) is -0.909. The van der Waals surface area contributed by atoms with Gasteiger partial charge in [0.2, 0.25) is 0 Å². The van der Waals surface area contributed by atoms with Crippen LogP contribution in [0.4, 0.5) is 26.3 Å². The minimum Gasteiger partial charge on any atom is -0.492 e. The van der Waals surface area contributed by atoms with Crippen LogP contribution < -0.4 is 10.1 Å². The van der Waals surface area contributed by atoms with Crippen LogP contribution in [0.15, 0.2) is 48.8 Å². The van der Waals surface area contributed by atoms with Gasteiger partial charge in [-0.3, -0.25) is 0 Å². The SMILES string of the molecule is C[C@H]1CC(c2ccc(C(F)(F)F)cc2)=C[C@@H](COc2cc(C(F)(F)F)c3c(c2)ncn3C2CC(C)(O)C2)N1. The van der Waals surface area contributed by atoms with Crippen molar-refractivity contribution in [3.63, 3.8) is 0 Å². The summed E-state index contributed by atoms with van der Waals surface area (Å²) in [5, 5.41) is 13.3. The summed E-state index contributed by atoms with van der Waals surface area (Å²) in [7, 11) is 0. The average Bonchev–Trinajstić information content (AvgIpc) is 3.22. The highest BCUT2D eigenvalue weighted by Crippen LogP contribution is 2.45. The molecule has 204 valence electrons. The van der Waals surface area contributed by atoms with E-state index in [0.717, 1.165) is 23.8 Å². The second-order valence-electron chi connectivity index (χ2n) is 10.5. The van der Waals surface area contributed by atoms with Crippen LogP contribution >= 0.6 is 0 Å². The second kappa shape index (κ2) is 9.30. The van der Waals surface area contributed by atoms with Crippen molar-refractivity contribution in [3.8, 4) is 5.75 Å². The number of nitrogens with one attached hydrogen (secondary N) is 1. The molecule has 1 saturated carbocycles. The first-order chi connectivity index (χ1) is 17.7. The Balaban J connectivity index is 1.37. The van der Waals surface area contributed by atoms with Crippen LogP contribution in [0.5, 0.6) is 5.75 Å². The number of hydrogen-bond acceptors (Lipinski definition) is 4. The molecule has 0 amide bonds. The molecule has 5 rings (SSSR count). The number of rotatable bonds is 5. The van der Waals surface area contributed by atoms with Gasteiger partial charge in [0.15, 0.2) is 0 Å². The Labute approximate surface area is 215 Å². The van der Waals surface area contributed by atoms with Crippen LogP contribution in [-0.4, -0.2) is 38.9 Å². The lowest BCUT2D eigenvalue weighted by molar-refractivity contribution is -0.138. The van der Waals surface area contributed by atoms with Crippen LogP contribution in [0.25, 0.3) is 16.6 Å². The highest BCUT2D eigenvalue weighted by molar-refractivity contribution is 5.82. The summed E-state index contributed by atoms with van der Waals surface area (Å²) < 4.78 is 88.1. The number of alkyl halides is 6. The van der Waals surface area contributed by atoms with E-state index >= 15 is 0 Å². The molecule has 1 aromatic heterocycles. The number of ether oxygens (including phenoxy) is 1. The predicted molar refractivity (Wildman–Crippen MR) is 130 cm³/mol. The second-order valence-corrected chi connectivity index (χ2v) is 10.5. The van der Waals surface area contributed by atoms with Gasteiger partial charge in [0.1, 0.15) is 12.4 Å². The molecule has 2 aliphatic rings. The number of nitrogens with zero attached hydrogens (tertiary/aromatic N) is 2. The van der Waals surface area contributed by atoms with Gasteiger partial charge < -0.3 is 19.7 Å². The third-order valence-corrected chi connectivity index (χ3v) is 7.13. The molecule has 2 N–H and O–H groups in total. The van der Waals surface area contributed by atoms with Crippen molar-refractivity contribution in [1.29, 1.82) is 0 Å². The smallest absolute Gasteiger partial charge is 0.418 e. The van der Waals surface area contributed by atoms with Crippen LogP contribution in [0.3, 0.4) is 0 Å². The molecular weight excluding hydrogens is 512 g/mol. The summed E-state index contributed by atoms with van der Waals surface area (Å²) in [6.45, 7) is 3.59. The maximum atomic E-state index is 14.0. The maximum Gasteiger partial charge on any atom is 0.418 e. The van der Waals surface area contributed by atoms with Gasteiger partial charge in [-0.1, -0.05) is 18.2 Å². The van der Waals surface area contributed by atoms with Crippen LogP contribution in [0, 0.1) is 0 Å². The molecule has 2 atom stereocenters. The molecule has 0 radical (unpaired) electrons. The summed E-state index contributed by atoms with van der Waals surface area (Å²) in [6.07, 6.45) is -4.60. The number of aromatic nitrogens is 2. The number of halogens is 6. The molecule has 38 heavy (non-hydrogen) atoms. The summed E-state index contributed by atoms with van der Waals surface area (Å²) in [6, 6.07) is 6.68. The van der Waals surface area contributed by atoms with E-state index in [1.165, 1.54) is 29.1 Å².